The third kappa shape index (κ3) is 19.0. The lowest BCUT2D eigenvalue weighted by atomic mass is 9.70. The average Bonchev–Trinajstić information content (AvgIpc) is 3.62. The van der Waals surface area contributed by atoms with Crippen LogP contribution in [0.5, 0.6) is 0 Å². The molecule has 66 heavy (non-hydrogen) atoms. The molecule has 1 aliphatic rings. The van der Waals surface area contributed by atoms with Gasteiger partial charge in [0, 0.05) is 22.5 Å². The molecule has 0 unspecified atom stereocenters. The molecule has 0 aromatic heterocycles. The highest BCUT2D eigenvalue weighted by Gasteiger charge is 2.42. The molecule has 0 atom stereocenters. The standard InChI is InChI=1S/C65H99N/c1-3-5-7-9-11-13-15-17-19-21-23-25-27-29-31-33-35-45-55-65(56-46-36-34-32-30-28-26-24-22-20-18-16-14-12-10-8-6-4-2)63-52-44-43-51-61(63)62-54-53-60(57-64(62)65)66(58-47-39-37-40-48-58)59-49-41-38-42-50-59/h37-44,47-54,57H,3-36,45-46,55-56H2,1-2H3. The second-order valence-corrected chi connectivity index (χ2v) is 20.9. The van der Waals surface area contributed by atoms with Gasteiger partial charge in [0.1, 0.15) is 0 Å². The van der Waals surface area contributed by atoms with Crippen molar-refractivity contribution in [1.82, 2.24) is 0 Å². The van der Waals surface area contributed by atoms with Crippen molar-refractivity contribution in [3.8, 4) is 11.1 Å². The van der Waals surface area contributed by atoms with Crippen LogP contribution >= 0.6 is 0 Å². The fourth-order valence-electron chi connectivity index (χ4n) is 11.5. The van der Waals surface area contributed by atoms with Crippen molar-refractivity contribution in [2.45, 2.75) is 263 Å². The second kappa shape index (κ2) is 34.0. The van der Waals surface area contributed by atoms with Crippen molar-refractivity contribution in [2.24, 2.45) is 0 Å². The maximum Gasteiger partial charge on any atom is 0.0465 e. The minimum atomic E-state index is 0.0745. The van der Waals surface area contributed by atoms with Crippen LogP contribution in [0, 0.1) is 0 Å². The van der Waals surface area contributed by atoms with E-state index in [-0.39, 0.29) is 5.41 Å². The minimum Gasteiger partial charge on any atom is -0.310 e. The molecule has 0 fully saturated rings. The summed E-state index contributed by atoms with van der Waals surface area (Å²) in [6, 6.07) is 39.0. The SMILES string of the molecule is CCCCCCCCCCCCCCCCCCCCC1(CCCCCCCCCCCCCCCCCCCC)c2ccccc2-c2ccc(N(c3ccccc3)c3ccccc3)cc21. The van der Waals surface area contributed by atoms with E-state index in [4.69, 9.17) is 0 Å². The van der Waals surface area contributed by atoms with Gasteiger partial charge in [-0.1, -0.05) is 312 Å². The molecular weight excluding hydrogens is 795 g/mol. The molecular formula is C65H99N. The quantitative estimate of drug-likeness (QED) is 0.0401. The van der Waals surface area contributed by atoms with Crippen molar-refractivity contribution in [1.29, 1.82) is 0 Å². The Balaban J connectivity index is 1.12. The predicted molar refractivity (Wildman–Crippen MR) is 294 cm³/mol. The van der Waals surface area contributed by atoms with E-state index in [1.165, 1.54) is 272 Å². The first-order valence-corrected chi connectivity index (χ1v) is 28.9. The molecule has 0 heterocycles. The number of nitrogens with zero attached hydrogens (tertiary/aromatic N) is 1. The zero-order chi connectivity index (χ0) is 46.0. The van der Waals surface area contributed by atoms with Crippen LogP contribution in [0.3, 0.4) is 0 Å². The van der Waals surface area contributed by atoms with Gasteiger partial charge >= 0.3 is 0 Å². The molecule has 0 radical (unpaired) electrons. The molecule has 5 rings (SSSR count). The first-order chi connectivity index (χ1) is 32.8. The Labute approximate surface area is 408 Å². The number of rotatable bonds is 41. The number of hydrogen-bond acceptors (Lipinski definition) is 1. The number of unbranched alkanes of at least 4 members (excludes halogenated alkanes) is 34. The molecule has 364 valence electrons. The van der Waals surface area contributed by atoms with Crippen molar-refractivity contribution in [3.63, 3.8) is 0 Å². The van der Waals surface area contributed by atoms with Crippen molar-refractivity contribution in [3.05, 3.63) is 114 Å². The molecule has 0 saturated heterocycles. The van der Waals surface area contributed by atoms with Gasteiger partial charge in [-0.15, -0.1) is 0 Å². The molecule has 1 heteroatoms. The summed E-state index contributed by atoms with van der Waals surface area (Å²) in [6.45, 7) is 4.63. The number of anilines is 3. The smallest absolute Gasteiger partial charge is 0.0465 e. The summed E-state index contributed by atoms with van der Waals surface area (Å²) in [5.74, 6) is 0. The van der Waals surface area contributed by atoms with Gasteiger partial charge in [0.15, 0.2) is 0 Å². The number of para-hydroxylation sites is 2. The summed E-state index contributed by atoms with van der Waals surface area (Å²) < 4.78 is 0. The lowest BCUT2D eigenvalue weighted by Gasteiger charge is -2.34. The van der Waals surface area contributed by atoms with Gasteiger partial charge in [0.25, 0.3) is 0 Å². The average molecular weight is 895 g/mol. The van der Waals surface area contributed by atoms with Gasteiger partial charge in [-0.25, -0.2) is 0 Å². The molecule has 4 aromatic carbocycles. The molecule has 0 N–H and O–H groups in total. The molecule has 0 spiro atoms. The molecule has 0 bridgehead atoms. The lowest BCUT2D eigenvalue weighted by molar-refractivity contribution is 0.397. The summed E-state index contributed by atoms with van der Waals surface area (Å²) >= 11 is 0. The van der Waals surface area contributed by atoms with E-state index in [9.17, 15) is 0 Å². The van der Waals surface area contributed by atoms with E-state index in [1.807, 2.05) is 0 Å². The first kappa shape index (κ1) is 53.6. The summed E-state index contributed by atoms with van der Waals surface area (Å²) in [7, 11) is 0. The van der Waals surface area contributed by atoms with E-state index >= 15 is 0 Å². The Morgan fingerprint density at radius 3 is 0.939 bits per heavy atom. The second-order valence-electron chi connectivity index (χ2n) is 20.9. The van der Waals surface area contributed by atoms with Gasteiger partial charge in [0.2, 0.25) is 0 Å². The fourth-order valence-corrected chi connectivity index (χ4v) is 11.5. The maximum absolute atomic E-state index is 2.61. The van der Waals surface area contributed by atoms with Crippen LogP contribution in [0.4, 0.5) is 17.1 Å². The molecule has 4 aromatic rings. The third-order valence-corrected chi connectivity index (χ3v) is 15.5. The van der Waals surface area contributed by atoms with E-state index in [0.29, 0.717) is 0 Å². The third-order valence-electron chi connectivity index (χ3n) is 15.5. The minimum absolute atomic E-state index is 0.0745. The molecule has 1 nitrogen and oxygen atoms in total. The Hall–Kier alpha value is -3.32. The Morgan fingerprint density at radius 2 is 0.576 bits per heavy atom. The lowest BCUT2D eigenvalue weighted by Crippen LogP contribution is -2.26. The number of fused-ring (bicyclic) bond motifs is 3. The Kier molecular flexibility index (Phi) is 27.7. The molecule has 0 aliphatic heterocycles. The van der Waals surface area contributed by atoms with E-state index in [0.717, 1.165) is 0 Å². The fraction of sp³-hybridized carbons (Fsp3) is 0.631. The highest BCUT2D eigenvalue weighted by atomic mass is 15.1. The summed E-state index contributed by atoms with van der Waals surface area (Å²) in [4.78, 5) is 2.47. The van der Waals surface area contributed by atoms with Crippen molar-refractivity contribution in [2.75, 3.05) is 4.90 Å². The first-order valence-electron chi connectivity index (χ1n) is 28.9. The normalized spacial score (nSPS) is 12.7. The summed E-state index contributed by atoms with van der Waals surface area (Å²) in [5, 5.41) is 0. The van der Waals surface area contributed by atoms with E-state index < -0.39 is 0 Å². The van der Waals surface area contributed by atoms with Crippen LogP contribution in [0.2, 0.25) is 0 Å². The number of benzene rings is 4. The summed E-state index contributed by atoms with van der Waals surface area (Å²) in [5.41, 5.74) is 9.92. The van der Waals surface area contributed by atoms with Crippen LogP contribution in [-0.2, 0) is 5.41 Å². The van der Waals surface area contributed by atoms with Crippen LogP contribution in [0.1, 0.15) is 269 Å². The van der Waals surface area contributed by atoms with Gasteiger partial charge in [-0.2, -0.15) is 0 Å². The topological polar surface area (TPSA) is 3.24 Å². The highest BCUT2D eigenvalue weighted by Crippen LogP contribution is 2.55. The van der Waals surface area contributed by atoms with Crippen LogP contribution in [0.25, 0.3) is 11.1 Å². The van der Waals surface area contributed by atoms with Crippen LogP contribution in [0.15, 0.2) is 103 Å². The monoisotopic (exact) mass is 894 g/mol. The zero-order valence-corrected chi connectivity index (χ0v) is 43.1. The Bertz CT molecular complexity index is 1680. The molecule has 0 amide bonds. The van der Waals surface area contributed by atoms with Gasteiger partial charge in [0.05, 0.1) is 0 Å². The van der Waals surface area contributed by atoms with Gasteiger partial charge in [-0.05, 0) is 71.5 Å². The molecule has 1 aliphatic carbocycles. The van der Waals surface area contributed by atoms with Gasteiger partial charge in [-0.3, -0.25) is 0 Å². The predicted octanol–water partition coefficient (Wildman–Crippen LogP) is 22.3. The van der Waals surface area contributed by atoms with E-state index in [2.05, 4.69) is 122 Å². The van der Waals surface area contributed by atoms with E-state index in [1.54, 1.807) is 11.1 Å². The maximum atomic E-state index is 2.61. The highest BCUT2D eigenvalue weighted by molar-refractivity contribution is 5.85. The zero-order valence-electron chi connectivity index (χ0n) is 43.1. The van der Waals surface area contributed by atoms with Crippen LogP contribution in [-0.4, -0.2) is 0 Å². The number of hydrogen-bond donors (Lipinski definition) is 0. The Morgan fingerprint density at radius 1 is 0.273 bits per heavy atom. The van der Waals surface area contributed by atoms with Crippen molar-refractivity contribution >= 4 is 17.1 Å². The molecule has 0 saturated carbocycles. The summed E-state index contributed by atoms with van der Waals surface area (Å²) in [6.07, 6.45) is 53.9. The largest absolute Gasteiger partial charge is 0.310 e. The van der Waals surface area contributed by atoms with Crippen molar-refractivity contribution < 1.29 is 0 Å². The van der Waals surface area contributed by atoms with Crippen LogP contribution < -0.4 is 4.90 Å². The van der Waals surface area contributed by atoms with Gasteiger partial charge < -0.3 is 4.90 Å².